The molecule has 40 heavy (non-hydrogen) atoms. The van der Waals surface area contributed by atoms with Gasteiger partial charge in [-0.3, -0.25) is 19.7 Å². The fraction of sp³-hybridized carbons (Fsp3) is 0.290. The van der Waals surface area contributed by atoms with Gasteiger partial charge in [0, 0.05) is 30.8 Å². The van der Waals surface area contributed by atoms with E-state index in [1.54, 1.807) is 30.3 Å². The van der Waals surface area contributed by atoms with Crippen molar-refractivity contribution in [2.75, 3.05) is 26.2 Å². The summed E-state index contributed by atoms with van der Waals surface area (Å²) in [7, 11) is 0. The van der Waals surface area contributed by atoms with E-state index < -0.39 is 22.7 Å². The van der Waals surface area contributed by atoms with Crippen LogP contribution in [-0.4, -0.2) is 57.7 Å². The number of aliphatic hydroxyl groups excluding tert-OH is 1. The van der Waals surface area contributed by atoms with Crippen LogP contribution in [0, 0.1) is 17.0 Å². The molecule has 9 heteroatoms. The molecule has 0 aliphatic carbocycles. The van der Waals surface area contributed by atoms with Gasteiger partial charge in [0.15, 0.2) is 0 Å². The van der Waals surface area contributed by atoms with Crippen molar-refractivity contribution in [3.8, 4) is 5.75 Å². The number of ketones is 1. The Balaban J connectivity index is 1.68. The maximum absolute atomic E-state index is 13.3. The van der Waals surface area contributed by atoms with Crippen LogP contribution in [0.3, 0.4) is 0 Å². The van der Waals surface area contributed by atoms with Crippen molar-refractivity contribution in [3.63, 3.8) is 0 Å². The van der Waals surface area contributed by atoms with E-state index in [-0.39, 0.29) is 23.6 Å². The number of nitrogens with zero attached hydrogens (tertiary/aromatic N) is 3. The van der Waals surface area contributed by atoms with Crippen LogP contribution in [0.5, 0.6) is 5.75 Å². The summed E-state index contributed by atoms with van der Waals surface area (Å²) in [6.45, 7) is 8.66. The van der Waals surface area contributed by atoms with Gasteiger partial charge in [-0.05, 0) is 61.0 Å². The highest BCUT2D eigenvalue weighted by Gasteiger charge is 2.46. The molecule has 0 aromatic heterocycles. The normalized spacial score (nSPS) is 16.5. The fourth-order valence-electron chi connectivity index (χ4n) is 4.85. The average molecular weight is 544 g/mol. The third-order valence-corrected chi connectivity index (χ3v) is 7.27. The maximum Gasteiger partial charge on any atom is 0.295 e. The summed E-state index contributed by atoms with van der Waals surface area (Å²) in [5.74, 6) is -1.34. The number of hydrogen-bond acceptors (Lipinski definition) is 7. The molecule has 1 aliphatic rings. The molecule has 1 fully saturated rings. The van der Waals surface area contributed by atoms with Crippen LogP contribution < -0.4 is 4.74 Å². The minimum absolute atomic E-state index is 0.0985. The van der Waals surface area contributed by atoms with Crippen LogP contribution in [0.15, 0.2) is 78.4 Å². The van der Waals surface area contributed by atoms with E-state index in [1.165, 1.54) is 23.1 Å². The molecular weight excluding hydrogens is 510 g/mol. The summed E-state index contributed by atoms with van der Waals surface area (Å²) >= 11 is 0. The van der Waals surface area contributed by atoms with Crippen molar-refractivity contribution in [1.82, 2.24) is 9.80 Å². The van der Waals surface area contributed by atoms with E-state index >= 15 is 0 Å². The van der Waals surface area contributed by atoms with Gasteiger partial charge in [0.05, 0.1) is 16.5 Å². The predicted octanol–water partition coefficient (Wildman–Crippen LogP) is 5.25. The van der Waals surface area contributed by atoms with E-state index in [2.05, 4.69) is 4.90 Å². The predicted molar refractivity (Wildman–Crippen MR) is 152 cm³/mol. The molecule has 0 spiro atoms. The van der Waals surface area contributed by atoms with Gasteiger partial charge in [-0.15, -0.1) is 0 Å². The Morgan fingerprint density at radius 1 is 1.02 bits per heavy atom. The van der Waals surface area contributed by atoms with E-state index in [0.717, 1.165) is 24.2 Å². The summed E-state index contributed by atoms with van der Waals surface area (Å²) in [5.41, 5.74) is 2.62. The van der Waals surface area contributed by atoms with Crippen molar-refractivity contribution >= 4 is 23.1 Å². The molecule has 1 atom stereocenters. The second kappa shape index (κ2) is 12.6. The number of hydrogen-bond donors (Lipinski definition) is 1. The van der Waals surface area contributed by atoms with Crippen LogP contribution in [0.2, 0.25) is 0 Å². The molecule has 3 aromatic carbocycles. The summed E-state index contributed by atoms with van der Waals surface area (Å²) in [6.07, 6.45) is 0. The van der Waals surface area contributed by atoms with Crippen molar-refractivity contribution in [3.05, 3.63) is 111 Å². The zero-order valence-electron chi connectivity index (χ0n) is 22.9. The van der Waals surface area contributed by atoms with E-state index in [1.807, 2.05) is 45.0 Å². The molecule has 3 aromatic rings. The molecule has 0 saturated carbocycles. The quantitative estimate of drug-likeness (QED) is 0.116. The average Bonchev–Trinajstić information content (AvgIpc) is 3.22. The number of likely N-dealkylation sites (N-methyl/N-ethyl adjacent to an activating group) is 1. The lowest BCUT2D eigenvalue weighted by atomic mass is 9.95. The molecule has 1 unspecified atom stereocenters. The molecule has 0 radical (unpaired) electrons. The van der Waals surface area contributed by atoms with Crippen molar-refractivity contribution < 1.29 is 24.4 Å². The number of ether oxygens (including phenoxy) is 1. The van der Waals surface area contributed by atoms with Crippen molar-refractivity contribution in [2.45, 2.75) is 33.4 Å². The number of nitro benzene ring substituents is 1. The van der Waals surface area contributed by atoms with Crippen LogP contribution >= 0.6 is 0 Å². The lowest BCUT2D eigenvalue weighted by Crippen LogP contribution is -2.38. The van der Waals surface area contributed by atoms with Gasteiger partial charge >= 0.3 is 0 Å². The molecule has 1 heterocycles. The Kier molecular flexibility index (Phi) is 8.96. The lowest BCUT2D eigenvalue weighted by Gasteiger charge is -2.28. The number of nitro groups is 1. The van der Waals surface area contributed by atoms with E-state index in [4.69, 9.17) is 4.74 Å². The first kappa shape index (κ1) is 28.5. The SMILES string of the molecule is CCN(CC)CCN1C(=O)C(=O)/C(=C(/O)c2ccc(OCc3ccccc3C)cc2)C1c1cccc([N+](=O)[O-])c1. The van der Waals surface area contributed by atoms with Gasteiger partial charge < -0.3 is 19.6 Å². The molecule has 0 bridgehead atoms. The highest BCUT2D eigenvalue weighted by molar-refractivity contribution is 6.46. The highest BCUT2D eigenvalue weighted by atomic mass is 16.6. The Hall–Kier alpha value is -4.50. The number of carbonyl (C=O) groups is 2. The Bertz CT molecular complexity index is 1430. The molecule has 1 N–H and O–H groups in total. The molecule has 1 aliphatic heterocycles. The number of aliphatic hydroxyl groups is 1. The number of carbonyl (C=O) groups excluding carboxylic acids is 2. The van der Waals surface area contributed by atoms with Crippen LogP contribution in [0.1, 0.15) is 42.1 Å². The monoisotopic (exact) mass is 543 g/mol. The number of rotatable bonds is 11. The van der Waals surface area contributed by atoms with Crippen LogP contribution in [0.4, 0.5) is 5.69 Å². The molecule has 208 valence electrons. The van der Waals surface area contributed by atoms with Gasteiger partial charge in [0.1, 0.15) is 18.1 Å². The topological polar surface area (TPSA) is 113 Å². The minimum Gasteiger partial charge on any atom is -0.507 e. The van der Waals surface area contributed by atoms with Gasteiger partial charge in [-0.2, -0.15) is 0 Å². The number of aryl methyl sites for hydroxylation is 1. The van der Waals surface area contributed by atoms with Crippen LogP contribution in [-0.2, 0) is 16.2 Å². The minimum atomic E-state index is -0.965. The first-order valence-electron chi connectivity index (χ1n) is 13.3. The van der Waals surface area contributed by atoms with Gasteiger partial charge in [-0.1, -0.05) is 50.2 Å². The smallest absolute Gasteiger partial charge is 0.295 e. The first-order chi connectivity index (χ1) is 19.2. The maximum atomic E-state index is 13.3. The highest BCUT2D eigenvalue weighted by Crippen LogP contribution is 2.40. The molecule has 1 saturated heterocycles. The number of likely N-dealkylation sites (tertiary alicyclic amines) is 1. The van der Waals surface area contributed by atoms with E-state index in [9.17, 15) is 24.8 Å². The van der Waals surface area contributed by atoms with Gasteiger partial charge in [0.2, 0.25) is 0 Å². The second-order valence-corrected chi connectivity index (χ2v) is 9.61. The summed E-state index contributed by atoms with van der Waals surface area (Å²) < 4.78 is 5.89. The number of benzene rings is 3. The second-order valence-electron chi connectivity index (χ2n) is 9.61. The zero-order valence-corrected chi connectivity index (χ0v) is 22.9. The number of Topliss-reactive ketones (excluding diaryl/α,β-unsaturated/α-hetero) is 1. The third-order valence-electron chi connectivity index (χ3n) is 7.27. The third kappa shape index (κ3) is 6.05. The largest absolute Gasteiger partial charge is 0.507 e. The molecule has 1 amide bonds. The number of non-ortho nitro benzene ring substituents is 1. The molecule has 4 rings (SSSR count). The van der Waals surface area contributed by atoms with Crippen molar-refractivity contribution in [2.24, 2.45) is 0 Å². The summed E-state index contributed by atoms with van der Waals surface area (Å²) in [4.78, 5) is 41.0. The Morgan fingerprint density at radius 3 is 2.38 bits per heavy atom. The molecule has 9 nitrogen and oxygen atoms in total. The van der Waals surface area contributed by atoms with Crippen LogP contribution in [0.25, 0.3) is 5.76 Å². The Morgan fingerprint density at radius 2 is 1.73 bits per heavy atom. The molecular formula is C31H33N3O6. The summed E-state index contributed by atoms with van der Waals surface area (Å²) in [6, 6.07) is 19.4. The Labute approximate surface area is 233 Å². The first-order valence-corrected chi connectivity index (χ1v) is 13.3. The fourth-order valence-corrected chi connectivity index (χ4v) is 4.85. The van der Waals surface area contributed by atoms with Gasteiger partial charge in [0.25, 0.3) is 17.4 Å². The van der Waals surface area contributed by atoms with Gasteiger partial charge in [-0.25, -0.2) is 0 Å². The standard InChI is InChI=1S/C31H33N3O6/c1-4-32(5-2)17-18-33-28(23-11-8-12-25(19-23)34(38)39)27(30(36)31(33)37)29(35)22-13-15-26(16-14-22)40-20-24-10-7-6-9-21(24)3/h6-16,19,28,35H,4-5,17-18,20H2,1-3H3/b29-27+. The number of amides is 1. The lowest BCUT2D eigenvalue weighted by molar-refractivity contribution is -0.384. The zero-order chi connectivity index (χ0) is 28.8. The summed E-state index contributed by atoms with van der Waals surface area (Å²) in [5, 5.41) is 22.8. The van der Waals surface area contributed by atoms with E-state index in [0.29, 0.717) is 30.0 Å². The van der Waals surface area contributed by atoms with Crippen molar-refractivity contribution in [1.29, 1.82) is 0 Å².